The van der Waals surface area contributed by atoms with E-state index in [0.29, 0.717) is 0 Å². The molecule has 0 aromatic carbocycles. The largest absolute Gasteiger partial charge is 0.372 e. The Bertz CT molecular complexity index is 320. The van der Waals surface area contributed by atoms with Crippen LogP contribution < -0.4 is 10.2 Å². The van der Waals surface area contributed by atoms with E-state index >= 15 is 0 Å². The highest BCUT2D eigenvalue weighted by Gasteiger charge is 2.26. The highest BCUT2D eigenvalue weighted by atomic mass is 15.2. The van der Waals surface area contributed by atoms with Crippen LogP contribution in [-0.2, 0) is 6.54 Å². The highest BCUT2D eigenvalue weighted by Crippen LogP contribution is 2.29. The van der Waals surface area contributed by atoms with E-state index in [4.69, 9.17) is 0 Å². The van der Waals surface area contributed by atoms with Crippen molar-refractivity contribution in [3.05, 3.63) is 24.0 Å². The topological polar surface area (TPSA) is 28.2 Å². The Morgan fingerprint density at radius 3 is 3.00 bits per heavy atom. The molecule has 15 heavy (non-hydrogen) atoms. The molecule has 82 valence electrons. The fraction of sp³-hybridized carbons (Fsp3) is 0.583. The van der Waals surface area contributed by atoms with Crippen LogP contribution in [0.3, 0.4) is 0 Å². The van der Waals surface area contributed by atoms with Crippen LogP contribution in [0.4, 0.5) is 5.69 Å². The molecule has 1 saturated carbocycles. The predicted molar refractivity (Wildman–Crippen MR) is 63.0 cm³/mol. The molecule has 1 aromatic heterocycles. The van der Waals surface area contributed by atoms with Crippen LogP contribution in [0, 0.1) is 0 Å². The average Bonchev–Trinajstić information content (AvgIpc) is 3.09. The Morgan fingerprint density at radius 1 is 1.53 bits per heavy atom. The molecule has 3 heteroatoms. The molecule has 1 N–H and O–H groups in total. The van der Waals surface area contributed by atoms with Crippen LogP contribution >= 0.6 is 0 Å². The molecule has 1 aromatic rings. The maximum Gasteiger partial charge on any atom is 0.0562 e. The van der Waals surface area contributed by atoms with Crippen LogP contribution in [-0.4, -0.2) is 24.6 Å². The normalized spacial score (nSPS) is 15.3. The summed E-state index contributed by atoms with van der Waals surface area (Å²) in [5.41, 5.74) is 2.42. The number of nitrogens with one attached hydrogen (secondary N) is 1. The first-order valence-electron chi connectivity index (χ1n) is 5.69. The molecule has 0 spiro atoms. The number of nitrogens with zero attached hydrogens (tertiary/aromatic N) is 2. The monoisotopic (exact) mass is 205 g/mol. The van der Waals surface area contributed by atoms with Gasteiger partial charge in [-0.3, -0.25) is 4.98 Å². The molecule has 0 amide bonds. The van der Waals surface area contributed by atoms with Crippen molar-refractivity contribution in [3.63, 3.8) is 0 Å². The summed E-state index contributed by atoms with van der Waals surface area (Å²) in [5.74, 6) is 0. The van der Waals surface area contributed by atoms with Crippen molar-refractivity contribution in [1.29, 1.82) is 0 Å². The summed E-state index contributed by atoms with van der Waals surface area (Å²) < 4.78 is 0. The van der Waals surface area contributed by atoms with Gasteiger partial charge in [0, 0.05) is 31.5 Å². The summed E-state index contributed by atoms with van der Waals surface area (Å²) in [4.78, 5) is 6.71. The molecule has 1 heterocycles. The van der Waals surface area contributed by atoms with Crippen molar-refractivity contribution in [2.45, 2.75) is 32.4 Å². The van der Waals surface area contributed by atoms with E-state index in [0.717, 1.165) is 24.8 Å². The van der Waals surface area contributed by atoms with E-state index in [2.05, 4.69) is 41.3 Å². The van der Waals surface area contributed by atoms with Gasteiger partial charge in [0.15, 0.2) is 0 Å². The maximum absolute atomic E-state index is 4.35. The Labute approximate surface area is 91.5 Å². The molecular weight excluding hydrogens is 186 g/mol. The highest BCUT2D eigenvalue weighted by molar-refractivity contribution is 5.47. The lowest BCUT2D eigenvalue weighted by molar-refractivity contribution is 0.710. The van der Waals surface area contributed by atoms with E-state index in [-0.39, 0.29) is 0 Å². The van der Waals surface area contributed by atoms with Gasteiger partial charge in [-0.25, -0.2) is 0 Å². The molecule has 1 aliphatic rings. The van der Waals surface area contributed by atoms with Gasteiger partial charge in [0.1, 0.15) is 0 Å². The third-order valence-corrected chi connectivity index (χ3v) is 2.86. The second-order valence-electron chi connectivity index (χ2n) is 4.13. The van der Waals surface area contributed by atoms with Gasteiger partial charge in [-0.05, 0) is 31.5 Å². The summed E-state index contributed by atoms with van der Waals surface area (Å²) >= 11 is 0. The first kappa shape index (κ1) is 10.4. The van der Waals surface area contributed by atoms with Gasteiger partial charge in [0.2, 0.25) is 0 Å². The Balaban J connectivity index is 2.04. The Morgan fingerprint density at radius 2 is 2.33 bits per heavy atom. The van der Waals surface area contributed by atoms with E-state index in [1.807, 2.05) is 6.20 Å². The first-order valence-corrected chi connectivity index (χ1v) is 5.69. The third-order valence-electron chi connectivity index (χ3n) is 2.86. The van der Waals surface area contributed by atoms with Gasteiger partial charge in [0.25, 0.3) is 0 Å². The minimum atomic E-state index is 0.763. The molecule has 0 radical (unpaired) electrons. The lowest BCUT2D eigenvalue weighted by atomic mass is 10.3. The van der Waals surface area contributed by atoms with Crippen molar-refractivity contribution in [2.75, 3.05) is 18.5 Å². The summed E-state index contributed by atoms with van der Waals surface area (Å²) in [6.07, 6.45) is 4.57. The zero-order chi connectivity index (χ0) is 10.7. The second-order valence-corrected chi connectivity index (χ2v) is 4.13. The van der Waals surface area contributed by atoms with Gasteiger partial charge in [-0.2, -0.15) is 0 Å². The zero-order valence-corrected chi connectivity index (χ0v) is 9.53. The number of hydrogen-bond acceptors (Lipinski definition) is 3. The van der Waals surface area contributed by atoms with E-state index in [9.17, 15) is 0 Å². The fourth-order valence-corrected chi connectivity index (χ4v) is 1.71. The van der Waals surface area contributed by atoms with Crippen molar-refractivity contribution in [1.82, 2.24) is 10.3 Å². The maximum atomic E-state index is 4.35. The Kier molecular flexibility index (Phi) is 3.21. The van der Waals surface area contributed by atoms with E-state index < -0.39 is 0 Å². The van der Waals surface area contributed by atoms with Gasteiger partial charge < -0.3 is 10.2 Å². The molecule has 2 rings (SSSR count). The molecule has 0 bridgehead atoms. The van der Waals surface area contributed by atoms with Crippen molar-refractivity contribution < 1.29 is 0 Å². The Hall–Kier alpha value is -1.09. The number of hydrogen-bond donors (Lipinski definition) is 1. The van der Waals surface area contributed by atoms with Gasteiger partial charge in [0.05, 0.1) is 5.69 Å². The van der Waals surface area contributed by atoms with Crippen molar-refractivity contribution in [2.24, 2.45) is 0 Å². The molecular formula is C12H19N3. The molecule has 0 saturated heterocycles. The van der Waals surface area contributed by atoms with Gasteiger partial charge >= 0.3 is 0 Å². The van der Waals surface area contributed by atoms with Crippen molar-refractivity contribution >= 4 is 5.69 Å². The minimum absolute atomic E-state index is 0.763. The molecule has 0 aliphatic heterocycles. The third kappa shape index (κ3) is 2.69. The van der Waals surface area contributed by atoms with E-state index in [1.165, 1.54) is 18.5 Å². The number of aromatic nitrogens is 1. The lowest BCUT2D eigenvalue weighted by Gasteiger charge is -2.18. The molecule has 0 atom stereocenters. The van der Waals surface area contributed by atoms with Crippen LogP contribution in [0.15, 0.2) is 18.3 Å². The van der Waals surface area contributed by atoms with Crippen LogP contribution in [0.5, 0.6) is 0 Å². The summed E-state index contributed by atoms with van der Waals surface area (Å²) in [7, 11) is 2.17. The predicted octanol–water partition coefficient (Wildman–Crippen LogP) is 1.79. The lowest BCUT2D eigenvalue weighted by Crippen LogP contribution is -2.20. The average molecular weight is 205 g/mol. The van der Waals surface area contributed by atoms with Crippen molar-refractivity contribution in [3.8, 4) is 0 Å². The summed E-state index contributed by atoms with van der Waals surface area (Å²) in [6.45, 7) is 3.97. The smallest absolute Gasteiger partial charge is 0.0562 e. The van der Waals surface area contributed by atoms with E-state index in [1.54, 1.807) is 0 Å². The first-order chi connectivity index (χ1) is 7.31. The SMILES string of the molecule is CCNCc1cc(N(C)C2CC2)ccn1. The van der Waals surface area contributed by atoms with Gasteiger partial charge in [-0.1, -0.05) is 6.92 Å². The fourth-order valence-electron chi connectivity index (χ4n) is 1.71. The van der Waals surface area contributed by atoms with Crippen LogP contribution in [0.2, 0.25) is 0 Å². The van der Waals surface area contributed by atoms with Gasteiger partial charge in [-0.15, -0.1) is 0 Å². The van der Waals surface area contributed by atoms with Crippen LogP contribution in [0.1, 0.15) is 25.5 Å². The summed E-state index contributed by atoms with van der Waals surface area (Å²) in [5, 5.41) is 3.29. The molecule has 3 nitrogen and oxygen atoms in total. The number of pyridine rings is 1. The van der Waals surface area contributed by atoms with Crippen LogP contribution in [0.25, 0.3) is 0 Å². The molecule has 1 aliphatic carbocycles. The number of anilines is 1. The summed E-state index contributed by atoms with van der Waals surface area (Å²) in [6, 6.07) is 5.04. The zero-order valence-electron chi connectivity index (χ0n) is 9.53. The standard InChI is InChI=1S/C12H19N3/c1-3-13-9-10-8-12(6-7-14-10)15(2)11-4-5-11/h6-8,11,13H,3-5,9H2,1-2H3. The minimum Gasteiger partial charge on any atom is -0.372 e. The molecule has 1 fully saturated rings. The second kappa shape index (κ2) is 4.62. The number of rotatable bonds is 5. The molecule has 0 unspecified atom stereocenters. The quantitative estimate of drug-likeness (QED) is 0.794.